The lowest BCUT2D eigenvalue weighted by Gasteiger charge is -2.13. The summed E-state index contributed by atoms with van der Waals surface area (Å²) in [7, 11) is 1.90. The van der Waals surface area contributed by atoms with E-state index in [4.69, 9.17) is 9.84 Å². The number of hydrogen-bond acceptors (Lipinski definition) is 5. The third-order valence-electron chi connectivity index (χ3n) is 3.10. The molecule has 0 aliphatic rings. The van der Waals surface area contributed by atoms with Crippen molar-refractivity contribution < 1.29 is 14.6 Å². The molecule has 118 valence electrons. The molecule has 0 radical (unpaired) electrons. The molecule has 0 unspecified atom stereocenters. The zero-order chi connectivity index (χ0) is 15.9. The summed E-state index contributed by atoms with van der Waals surface area (Å²) in [6, 6.07) is 7.89. The highest BCUT2D eigenvalue weighted by Crippen LogP contribution is 2.26. The highest BCUT2D eigenvalue weighted by atomic mass is 32.1. The molecule has 0 spiro atoms. The van der Waals surface area contributed by atoms with Gasteiger partial charge in [-0.25, -0.2) is 4.98 Å². The molecule has 5 nitrogen and oxygen atoms in total. The number of thiazole rings is 1. The van der Waals surface area contributed by atoms with E-state index < -0.39 is 5.97 Å². The standard InChI is InChI=1S/C16H20N2O3S/c1-3-21-14-6-4-12(5-7-14)16-17-13(11-22-16)10-18(2)9-8-15(19)20/h4-7,11H,3,8-10H2,1-2H3,(H,19,20). The second-order valence-electron chi connectivity index (χ2n) is 4.98. The minimum Gasteiger partial charge on any atom is -0.494 e. The molecule has 1 aromatic carbocycles. The average molecular weight is 320 g/mol. The summed E-state index contributed by atoms with van der Waals surface area (Å²) in [4.78, 5) is 17.1. The lowest BCUT2D eigenvalue weighted by Crippen LogP contribution is -2.21. The first kappa shape index (κ1) is 16.5. The van der Waals surface area contributed by atoms with Crippen LogP contribution in [-0.4, -0.2) is 41.2 Å². The lowest BCUT2D eigenvalue weighted by atomic mass is 10.2. The van der Waals surface area contributed by atoms with E-state index in [1.54, 1.807) is 11.3 Å². The zero-order valence-electron chi connectivity index (χ0n) is 12.8. The number of aromatic nitrogens is 1. The molecule has 1 heterocycles. The number of carboxylic acids is 1. The van der Waals surface area contributed by atoms with Crippen LogP contribution >= 0.6 is 11.3 Å². The smallest absolute Gasteiger partial charge is 0.304 e. The minimum atomic E-state index is -0.778. The van der Waals surface area contributed by atoms with Crippen molar-refractivity contribution in [1.82, 2.24) is 9.88 Å². The Labute approximate surface area is 134 Å². The van der Waals surface area contributed by atoms with Crippen molar-refractivity contribution in [3.05, 3.63) is 35.3 Å². The number of carbonyl (C=O) groups is 1. The minimum absolute atomic E-state index is 0.145. The molecular weight excluding hydrogens is 300 g/mol. The number of rotatable bonds is 8. The Balaban J connectivity index is 1.97. The van der Waals surface area contributed by atoms with Crippen LogP contribution in [0.25, 0.3) is 10.6 Å². The fraction of sp³-hybridized carbons (Fsp3) is 0.375. The summed E-state index contributed by atoms with van der Waals surface area (Å²) < 4.78 is 5.43. The van der Waals surface area contributed by atoms with Crippen LogP contribution in [-0.2, 0) is 11.3 Å². The van der Waals surface area contributed by atoms with Gasteiger partial charge in [-0.15, -0.1) is 11.3 Å². The van der Waals surface area contributed by atoms with Gasteiger partial charge in [0.15, 0.2) is 0 Å². The SMILES string of the molecule is CCOc1ccc(-c2nc(CN(C)CCC(=O)O)cs2)cc1. The van der Waals surface area contributed by atoms with Crippen LogP contribution in [0, 0.1) is 0 Å². The Bertz CT molecular complexity index is 610. The van der Waals surface area contributed by atoms with Crippen LogP contribution in [0.15, 0.2) is 29.6 Å². The summed E-state index contributed by atoms with van der Waals surface area (Å²) >= 11 is 1.59. The molecule has 0 aliphatic heterocycles. The van der Waals surface area contributed by atoms with Gasteiger partial charge in [0, 0.05) is 24.0 Å². The predicted octanol–water partition coefficient (Wildman–Crippen LogP) is 3.12. The van der Waals surface area contributed by atoms with E-state index >= 15 is 0 Å². The van der Waals surface area contributed by atoms with E-state index in [1.165, 1.54) is 0 Å². The van der Waals surface area contributed by atoms with Crippen LogP contribution < -0.4 is 4.74 Å². The summed E-state index contributed by atoms with van der Waals surface area (Å²) in [6.45, 7) is 3.79. The van der Waals surface area contributed by atoms with Crippen molar-refractivity contribution >= 4 is 17.3 Å². The van der Waals surface area contributed by atoms with Gasteiger partial charge < -0.3 is 9.84 Å². The first-order valence-electron chi connectivity index (χ1n) is 7.16. The van der Waals surface area contributed by atoms with Gasteiger partial charge in [-0.05, 0) is 38.2 Å². The van der Waals surface area contributed by atoms with Crippen LogP contribution in [0.4, 0.5) is 0 Å². The molecule has 0 fully saturated rings. The van der Waals surface area contributed by atoms with Crippen molar-refractivity contribution in [3.63, 3.8) is 0 Å². The number of carboxylic acid groups (broad SMARTS) is 1. The molecule has 0 amide bonds. The normalized spacial score (nSPS) is 10.9. The van der Waals surface area contributed by atoms with E-state index in [0.29, 0.717) is 19.7 Å². The molecule has 2 aromatic rings. The van der Waals surface area contributed by atoms with Gasteiger partial charge in [0.2, 0.25) is 0 Å². The second-order valence-corrected chi connectivity index (χ2v) is 5.84. The molecule has 22 heavy (non-hydrogen) atoms. The largest absolute Gasteiger partial charge is 0.494 e. The molecule has 0 saturated carbocycles. The predicted molar refractivity (Wildman–Crippen MR) is 87.3 cm³/mol. The van der Waals surface area contributed by atoms with Gasteiger partial charge in [-0.1, -0.05) is 0 Å². The summed E-state index contributed by atoms with van der Waals surface area (Å²) in [5.41, 5.74) is 2.02. The van der Waals surface area contributed by atoms with E-state index in [0.717, 1.165) is 22.0 Å². The Morgan fingerprint density at radius 1 is 1.36 bits per heavy atom. The van der Waals surface area contributed by atoms with Gasteiger partial charge in [0.05, 0.1) is 18.7 Å². The van der Waals surface area contributed by atoms with Gasteiger partial charge in [0.25, 0.3) is 0 Å². The van der Waals surface area contributed by atoms with Crippen molar-refractivity contribution in [1.29, 1.82) is 0 Å². The second kappa shape index (κ2) is 7.91. The summed E-state index contributed by atoms with van der Waals surface area (Å²) in [5.74, 6) is 0.0802. The molecule has 0 bridgehead atoms. The quantitative estimate of drug-likeness (QED) is 0.809. The number of nitrogens with zero attached hydrogens (tertiary/aromatic N) is 2. The van der Waals surface area contributed by atoms with Crippen molar-refractivity contribution in [3.8, 4) is 16.3 Å². The molecule has 2 rings (SSSR count). The number of hydrogen-bond donors (Lipinski definition) is 1. The zero-order valence-corrected chi connectivity index (χ0v) is 13.6. The van der Waals surface area contributed by atoms with Gasteiger partial charge >= 0.3 is 5.97 Å². The molecule has 1 aromatic heterocycles. The summed E-state index contributed by atoms with van der Waals surface area (Å²) in [5, 5.41) is 11.7. The number of ether oxygens (including phenoxy) is 1. The van der Waals surface area contributed by atoms with Crippen molar-refractivity contribution in [2.45, 2.75) is 19.9 Å². The highest BCUT2D eigenvalue weighted by molar-refractivity contribution is 7.13. The maximum atomic E-state index is 10.6. The first-order valence-corrected chi connectivity index (χ1v) is 8.04. The fourth-order valence-corrected chi connectivity index (χ4v) is 2.83. The Kier molecular flexibility index (Phi) is 5.91. The van der Waals surface area contributed by atoms with Crippen molar-refractivity contribution in [2.75, 3.05) is 20.2 Å². The monoisotopic (exact) mass is 320 g/mol. The molecule has 0 aliphatic carbocycles. The van der Waals surface area contributed by atoms with Crippen LogP contribution in [0.5, 0.6) is 5.75 Å². The van der Waals surface area contributed by atoms with E-state index in [9.17, 15) is 4.79 Å². The van der Waals surface area contributed by atoms with Crippen LogP contribution in [0.2, 0.25) is 0 Å². The van der Waals surface area contributed by atoms with Crippen LogP contribution in [0.1, 0.15) is 19.0 Å². The van der Waals surface area contributed by atoms with E-state index in [1.807, 2.05) is 48.5 Å². The van der Waals surface area contributed by atoms with Gasteiger partial charge in [-0.3, -0.25) is 9.69 Å². The number of benzene rings is 1. The topological polar surface area (TPSA) is 62.7 Å². The Morgan fingerprint density at radius 3 is 2.73 bits per heavy atom. The maximum absolute atomic E-state index is 10.6. The molecule has 0 atom stereocenters. The van der Waals surface area contributed by atoms with Crippen molar-refractivity contribution in [2.24, 2.45) is 0 Å². The molecule has 0 saturated heterocycles. The molecular formula is C16H20N2O3S. The third kappa shape index (κ3) is 4.82. The summed E-state index contributed by atoms with van der Waals surface area (Å²) in [6.07, 6.45) is 0.145. The molecule has 1 N–H and O–H groups in total. The highest BCUT2D eigenvalue weighted by Gasteiger charge is 2.08. The number of aliphatic carboxylic acids is 1. The van der Waals surface area contributed by atoms with E-state index in [-0.39, 0.29) is 6.42 Å². The van der Waals surface area contributed by atoms with Gasteiger partial charge in [0.1, 0.15) is 10.8 Å². The first-order chi connectivity index (χ1) is 10.6. The fourth-order valence-electron chi connectivity index (χ4n) is 2.01. The lowest BCUT2D eigenvalue weighted by molar-refractivity contribution is -0.137. The molecule has 6 heteroatoms. The van der Waals surface area contributed by atoms with Gasteiger partial charge in [-0.2, -0.15) is 0 Å². The Morgan fingerprint density at radius 2 is 2.09 bits per heavy atom. The van der Waals surface area contributed by atoms with E-state index in [2.05, 4.69) is 4.98 Å². The third-order valence-corrected chi connectivity index (χ3v) is 4.04. The average Bonchev–Trinajstić information content (AvgIpc) is 2.95. The Hall–Kier alpha value is -1.92. The van der Waals surface area contributed by atoms with Crippen LogP contribution in [0.3, 0.4) is 0 Å². The maximum Gasteiger partial charge on any atom is 0.304 e.